The molecule has 1 saturated carbocycles. The van der Waals surface area contributed by atoms with Crippen LogP contribution in [-0.2, 0) is 4.79 Å². The number of carbonyl (C=O) groups excluding carboxylic acids is 2. The molecular weight excluding hydrogens is 286 g/mol. The number of rotatable bonds is 6. The molecule has 2 rings (SSSR count). The van der Waals surface area contributed by atoms with Crippen molar-refractivity contribution in [3.05, 3.63) is 29.6 Å². The molecule has 1 aromatic rings. The first kappa shape index (κ1) is 15.9. The smallest absolute Gasteiger partial charge is 0.308 e. The summed E-state index contributed by atoms with van der Waals surface area (Å²) in [5, 5.41) is 11.5. The quantitative estimate of drug-likeness (QED) is 0.808. The van der Waals surface area contributed by atoms with Gasteiger partial charge in [0.15, 0.2) is 0 Å². The van der Waals surface area contributed by atoms with E-state index in [1.54, 1.807) is 17.9 Å². The van der Waals surface area contributed by atoms with Gasteiger partial charge in [0, 0.05) is 25.8 Å². The van der Waals surface area contributed by atoms with Crippen LogP contribution >= 0.6 is 0 Å². The molecule has 2 N–H and O–H groups in total. The average molecular weight is 305 g/mol. The van der Waals surface area contributed by atoms with Gasteiger partial charge in [-0.2, -0.15) is 0 Å². The van der Waals surface area contributed by atoms with Crippen LogP contribution < -0.4 is 5.32 Å². The van der Waals surface area contributed by atoms with E-state index in [2.05, 4.69) is 10.3 Å². The number of carboxylic acid groups (broad SMARTS) is 1. The molecule has 7 nitrogen and oxygen atoms in total. The van der Waals surface area contributed by atoms with Gasteiger partial charge >= 0.3 is 5.97 Å². The summed E-state index contributed by atoms with van der Waals surface area (Å²) >= 11 is 0. The standard InChI is InChI=1S/C15H19N3O4/c1-9(15(21)22)8-18(11-4-5-11)14(20)10-3-6-12(17-7-10)13(19)16-2/h3,6-7,9,11H,4-5,8H2,1-2H3,(H,16,19)(H,21,22). The van der Waals surface area contributed by atoms with Crippen LogP contribution in [0.15, 0.2) is 18.3 Å². The van der Waals surface area contributed by atoms with Crippen molar-refractivity contribution in [3.63, 3.8) is 0 Å². The Labute approximate surface area is 128 Å². The van der Waals surface area contributed by atoms with Crippen LogP contribution in [0, 0.1) is 5.92 Å². The number of hydrogen-bond donors (Lipinski definition) is 2. The molecule has 1 aliphatic carbocycles. The monoisotopic (exact) mass is 305 g/mol. The van der Waals surface area contributed by atoms with Crippen molar-refractivity contribution in [1.29, 1.82) is 0 Å². The van der Waals surface area contributed by atoms with E-state index in [0.717, 1.165) is 12.8 Å². The molecule has 0 aliphatic heterocycles. The van der Waals surface area contributed by atoms with E-state index < -0.39 is 11.9 Å². The molecule has 0 radical (unpaired) electrons. The van der Waals surface area contributed by atoms with Gasteiger partial charge in [0.05, 0.1) is 11.5 Å². The third-order valence-corrected chi connectivity index (χ3v) is 3.61. The van der Waals surface area contributed by atoms with Crippen molar-refractivity contribution in [2.24, 2.45) is 5.92 Å². The molecule has 0 aromatic carbocycles. The molecule has 22 heavy (non-hydrogen) atoms. The van der Waals surface area contributed by atoms with Crippen molar-refractivity contribution >= 4 is 17.8 Å². The highest BCUT2D eigenvalue weighted by Crippen LogP contribution is 2.29. The first-order valence-electron chi connectivity index (χ1n) is 7.16. The molecule has 118 valence electrons. The fourth-order valence-electron chi connectivity index (χ4n) is 2.11. The second-order valence-electron chi connectivity index (χ2n) is 5.44. The van der Waals surface area contributed by atoms with E-state index in [1.807, 2.05) is 0 Å². The molecule has 2 amide bonds. The number of aromatic nitrogens is 1. The molecule has 1 heterocycles. The average Bonchev–Trinajstić information content (AvgIpc) is 3.35. The number of nitrogens with one attached hydrogen (secondary N) is 1. The normalized spacial score (nSPS) is 15.0. The summed E-state index contributed by atoms with van der Waals surface area (Å²) in [4.78, 5) is 40.5. The van der Waals surface area contributed by atoms with Crippen LogP contribution in [-0.4, -0.2) is 52.4 Å². The van der Waals surface area contributed by atoms with Crippen LogP contribution in [0.3, 0.4) is 0 Å². The zero-order valence-electron chi connectivity index (χ0n) is 12.6. The van der Waals surface area contributed by atoms with Gasteiger partial charge in [-0.05, 0) is 25.0 Å². The van der Waals surface area contributed by atoms with E-state index in [1.165, 1.54) is 19.3 Å². The molecule has 0 spiro atoms. The van der Waals surface area contributed by atoms with Crippen LogP contribution in [0.2, 0.25) is 0 Å². The topological polar surface area (TPSA) is 99.6 Å². The van der Waals surface area contributed by atoms with E-state index in [4.69, 9.17) is 5.11 Å². The highest BCUT2D eigenvalue weighted by atomic mass is 16.4. The van der Waals surface area contributed by atoms with Gasteiger partial charge in [0.25, 0.3) is 11.8 Å². The van der Waals surface area contributed by atoms with Crippen LogP contribution in [0.1, 0.15) is 40.6 Å². The van der Waals surface area contributed by atoms with Gasteiger partial charge in [-0.15, -0.1) is 0 Å². The molecule has 1 atom stereocenters. The number of pyridine rings is 1. The number of carbonyl (C=O) groups is 3. The molecule has 0 bridgehead atoms. The van der Waals surface area contributed by atoms with Gasteiger partial charge < -0.3 is 15.3 Å². The summed E-state index contributed by atoms with van der Waals surface area (Å²) in [6.45, 7) is 1.76. The van der Waals surface area contributed by atoms with Crippen molar-refractivity contribution in [1.82, 2.24) is 15.2 Å². The largest absolute Gasteiger partial charge is 0.481 e. The predicted molar refractivity (Wildman–Crippen MR) is 78.5 cm³/mol. The molecule has 0 saturated heterocycles. The Morgan fingerprint density at radius 2 is 2.09 bits per heavy atom. The Bertz CT molecular complexity index is 581. The lowest BCUT2D eigenvalue weighted by Crippen LogP contribution is -2.38. The first-order chi connectivity index (χ1) is 10.4. The Hall–Kier alpha value is -2.44. The van der Waals surface area contributed by atoms with E-state index >= 15 is 0 Å². The summed E-state index contributed by atoms with van der Waals surface area (Å²) in [6.07, 6.45) is 3.14. The number of aliphatic carboxylic acids is 1. The summed E-state index contributed by atoms with van der Waals surface area (Å²) in [5.74, 6) is -2.11. The summed E-state index contributed by atoms with van der Waals surface area (Å²) in [7, 11) is 1.51. The second-order valence-corrected chi connectivity index (χ2v) is 5.44. The lowest BCUT2D eigenvalue weighted by molar-refractivity contribution is -0.141. The molecule has 1 fully saturated rings. The van der Waals surface area contributed by atoms with Crippen molar-refractivity contribution in [2.45, 2.75) is 25.8 Å². The minimum absolute atomic E-state index is 0.105. The lowest BCUT2D eigenvalue weighted by atomic mass is 10.1. The Kier molecular flexibility index (Phi) is 4.75. The fourth-order valence-corrected chi connectivity index (χ4v) is 2.11. The molecular formula is C15H19N3O4. The van der Waals surface area contributed by atoms with Crippen LogP contribution in [0.25, 0.3) is 0 Å². The molecule has 1 unspecified atom stereocenters. The van der Waals surface area contributed by atoms with Crippen molar-refractivity contribution in [3.8, 4) is 0 Å². The van der Waals surface area contributed by atoms with Gasteiger partial charge in [-0.25, -0.2) is 0 Å². The van der Waals surface area contributed by atoms with Gasteiger partial charge in [0.2, 0.25) is 0 Å². The maximum Gasteiger partial charge on any atom is 0.308 e. The van der Waals surface area contributed by atoms with Crippen molar-refractivity contribution < 1.29 is 19.5 Å². The SMILES string of the molecule is CNC(=O)c1ccc(C(=O)N(CC(C)C(=O)O)C2CC2)cn1. The zero-order valence-corrected chi connectivity index (χ0v) is 12.6. The summed E-state index contributed by atoms with van der Waals surface area (Å²) in [6, 6.07) is 3.13. The Morgan fingerprint density at radius 3 is 2.55 bits per heavy atom. The first-order valence-corrected chi connectivity index (χ1v) is 7.16. The highest BCUT2D eigenvalue weighted by Gasteiger charge is 2.35. The summed E-state index contributed by atoms with van der Waals surface area (Å²) < 4.78 is 0. The zero-order chi connectivity index (χ0) is 16.3. The van der Waals surface area contributed by atoms with E-state index in [0.29, 0.717) is 5.56 Å². The minimum Gasteiger partial charge on any atom is -0.481 e. The molecule has 7 heteroatoms. The third kappa shape index (κ3) is 3.60. The van der Waals surface area contributed by atoms with Crippen molar-refractivity contribution in [2.75, 3.05) is 13.6 Å². The van der Waals surface area contributed by atoms with E-state index in [9.17, 15) is 14.4 Å². The van der Waals surface area contributed by atoms with Gasteiger partial charge in [-0.3, -0.25) is 19.4 Å². The van der Waals surface area contributed by atoms with E-state index in [-0.39, 0.29) is 30.1 Å². The maximum absolute atomic E-state index is 12.5. The Balaban J connectivity index is 2.13. The Morgan fingerprint density at radius 1 is 1.41 bits per heavy atom. The highest BCUT2D eigenvalue weighted by molar-refractivity contribution is 5.96. The van der Waals surface area contributed by atoms with Gasteiger partial charge in [-0.1, -0.05) is 6.92 Å². The number of carboxylic acids is 1. The van der Waals surface area contributed by atoms with Crippen LogP contribution in [0.4, 0.5) is 0 Å². The fraction of sp³-hybridized carbons (Fsp3) is 0.467. The lowest BCUT2D eigenvalue weighted by Gasteiger charge is -2.24. The summed E-state index contributed by atoms with van der Waals surface area (Å²) in [5.41, 5.74) is 0.591. The van der Waals surface area contributed by atoms with Crippen LogP contribution in [0.5, 0.6) is 0 Å². The van der Waals surface area contributed by atoms with Gasteiger partial charge in [0.1, 0.15) is 5.69 Å². The number of amides is 2. The third-order valence-electron chi connectivity index (χ3n) is 3.61. The number of nitrogens with zero attached hydrogens (tertiary/aromatic N) is 2. The number of hydrogen-bond acceptors (Lipinski definition) is 4. The molecule has 1 aromatic heterocycles. The second kappa shape index (κ2) is 6.55. The minimum atomic E-state index is -0.925. The molecule has 1 aliphatic rings. The maximum atomic E-state index is 12.5. The predicted octanol–water partition coefficient (Wildman–Crippen LogP) is 0.766.